The molecule has 1 unspecified atom stereocenters. The number of ether oxygens (including phenoxy) is 1. The van der Waals surface area contributed by atoms with Gasteiger partial charge in [-0.25, -0.2) is 0 Å². The third-order valence-electron chi connectivity index (χ3n) is 3.33. The first-order chi connectivity index (χ1) is 9.64. The van der Waals surface area contributed by atoms with E-state index >= 15 is 0 Å². The molecule has 0 heterocycles. The molecule has 0 aliphatic heterocycles. The van der Waals surface area contributed by atoms with E-state index in [-0.39, 0.29) is 12.6 Å². The minimum absolute atomic E-state index is 0.122. The molecule has 21 heavy (non-hydrogen) atoms. The van der Waals surface area contributed by atoms with E-state index in [0.717, 1.165) is 11.1 Å². The molecule has 0 saturated heterocycles. The van der Waals surface area contributed by atoms with Crippen LogP contribution in [0.25, 0.3) is 0 Å². The van der Waals surface area contributed by atoms with Crippen LogP contribution in [0.2, 0.25) is 0 Å². The molecular formula is C15H23F3N2O. The maximum absolute atomic E-state index is 12.6. The summed E-state index contributed by atoms with van der Waals surface area (Å²) in [5.41, 5.74) is 7.83. The summed E-state index contributed by atoms with van der Waals surface area (Å²) in [6.45, 7) is 4.52. The number of nitrogens with zero attached hydrogens (tertiary/aromatic N) is 1. The average Bonchev–Trinajstić information content (AvgIpc) is 2.36. The fourth-order valence-corrected chi connectivity index (χ4v) is 2.18. The lowest BCUT2D eigenvalue weighted by Crippen LogP contribution is -2.43. The van der Waals surface area contributed by atoms with E-state index in [4.69, 9.17) is 10.5 Å². The topological polar surface area (TPSA) is 38.5 Å². The minimum atomic E-state index is -4.24. The van der Waals surface area contributed by atoms with Crippen LogP contribution in [0.4, 0.5) is 13.2 Å². The first-order valence-electron chi connectivity index (χ1n) is 6.85. The molecule has 0 spiro atoms. The van der Waals surface area contributed by atoms with Gasteiger partial charge in [0, 0.05) is 24.2 Å². The van der Waals surface area contributed by atoms with Crippen molar-refractivity contribution in [2.75, 3.05) is 20.2 Å². The van der Waals surface area contributed by atoms with E-state index in [2.05, 4.69) is 0 Å². The van der Waals surface area contributed by atoms with Gasteiger partial charge in [-0.3, -0.25) is 4.90 Å². The zero-order valence-corrected chi connectivity index (χ0v) is 12.9. The van der Waals surface area contributed by atoms with E-state index in [1.54, 1.807) is 19.9 Å². The zero-order valence-electron chi connectivity index (χ0n) is 12.9. The number of methoxy groups -OCH3 is 1. The molecular weight excluding hydrogens is 281 g/mol. The van der Waals surface area contributed by atoms with E-state index in [1.165, 1.54) is 12.0 Å². The highest BCUT2D eigenvalue weighted by Crippen LogP contribution is 2.27. The number of rotatable bonds is 6. The van der Waals surface area contributed by atoms with Crippen molar-refractivity contribution in [1.29, 1.82) is 0 Å². The standard InChI is InChI=1S/C15H23F3N2O/c1-10(2)20(9-15(16,17)18)8-13(19)12-7-11(3)5-6-14(12)21-4/h5-7,10,13H,8-9,19H2,1-4H3. The van der Waals surface area contributed by atoms with Gasteiger partial charge < -0.3 is 10.5 Å². The third-order valence-corrected chi connectivity index (χ3v) is 3.33. The summed E-state index contributed by atoms with van der Waals surface area (Å²) >= 11 is 0. The Kier molecular flexibility index (Phi) is 6.04. The highest BCUT2D eigenvalue weighted by atomic mass is 19.4. The smallest absolute Gasteiger partial charge is 0.401 e. The molecule has 0 aliphatic carbocycles. The van der Waals surface area contributed by atoms with Gasteiger partial charge in [-0.2, -0.15) is 13.2 Å². The van der Waals surface area contributed by atoms with Gasteiger partial charge in [0.25, 0.3) is 0 Å². The Morgan fingerprint density at radius 2 is 1.90 bits per heavy atom. The van der Waals surface area contributed by atoms with Gasteiger partial charge in [0.2, 0.25) is 0 Å². The third kappa shape index (κ3) is 5.55. The Morgan fingerprint density at radius 1 is 1.29 bits per heavy atom. The molecule has 1 atom stereocenters. The molecule has 0 radical (unpaired) electrons. The lowest BCUT2D eigenvalue weighted by molar-refractivity contribution is -0.150. The van der Waals surface area contributed by atoms with Gasteiger partial charge in [-0.05, 0) is 26.8 Å². The van der Waals surface area contributed by atoms with Crippen molar-refractivity contribution in [2.45, 2.75) is 39.0 Å². The second kappa shape index (κ2) is 7.13. The van der Waals surface area contributed by atoms with Crippen molar-refractivity contribution in [2.24, 2.45) is 5.73 Å². The van der Waals surface area contributed by atoms with Crippen LogP contribution < -0.4 is 10.5 Å². The fraction of sp³-hybridized carbons (Fsp3) is 0.600. The summed E-state index contributed by atoms with van der Waals surface area (Å²) in [5.74, 6) is 0.601. The first kappa shape index (κ1) is 17.8. The zero-order chi connectivity index (χ0) is 16.2. The summed E-state index contributed by atoms with van der Waals surface area (Å²) in [6, 6.07) is 4.74. The van der Waals surface area contributed by atoms with Crippen LogP contribution >= 0.6 is 0 Å². The predicted molar refractivity (Wildman–Crippen MR) is 77.4 cm³/mol. The van der Waals surface area contributed by atoms with Crippen LogP contribution in [0.1, 0.15) is 31.0 Å². The molecule has 2 N–H and O–H groups in total. The number of hydrogen-bond donors (Lipinski definition) is 1. The van der Waals surface area contributed by atoms with Gasteiger partial charge in [-0.1, -0.05) is 17.7 Å². The summed E-state index contributed by atoms with van der Waals surface area (Å²) in [7, 11) is 1.52. The van der Waals surface area contributed by atoms with Crippen molar-refractivity contribution in [3.63, 3.8) is 0 Å². The van der Waals surface area contributed by atoms with Crippen LogP contribution in [0, 0.1) is 6.92 Å². The Labute approximate surface area is 123 Å². The maximum Gasteiger partial charge on any atom is 0.401 e. The highest BCUT2D eigenvalue weighted by molar-refractivity contribution is 5.39. The van der Waals surface area contributed by atoms with Crippen LogP contribution in [0.3, 0.4) is 0 Å². The van der Waals surface area contributed by atoms with E-state index in [9.17, 15) is 13.2 Å². The molecule has 0 fully saturated rings. The van der Waals surface area contributed by atoms with Crippen molar-refractivity contribution in [1.82, 2.24) is 4.90 Å². The lowest BCUT2D eigenvalue weighted by Gasteiger charge is -2.30. The monoisotopic (exact) mass is 304 g/mol. The van der Waals surface area contributed by atoms with Gasteiger partial charge in [0.15, 0.2) is 0 Å². The Hall–Kier alpha value is -1.27. The molecule has 1 aromatic rings. The summed E-state index contributed by atoms with van der Waals surface area (Å²) in [5, 5.41) is 0. The van der Waals surface area contributed by atoms with Crippen LogP contribution in [0.15, 0.2) is 18.2 Å². The lowest BCUT2D eigenvalue weighted by atomic mass is 10.0. The van der Waals surface area contributed by atoms with Crippen molar-refractivity contribution < 1.29 is 17.9 Å². The molecule has 0 bridgehead atoms. The SMILES string of the molecule is COc1ccc(C)cc1C(N)CN(CC(F)(F)F)C(C)C. The largest absolute Gasteiger partial charge is 0.496 e. The Balaban J connectivity index is 2.91. The number of hydrogen-bond acceptors (Lipinski definition) is 3. The molecule has 0 amide bonds. The van der Waals surface area contributed by atoms with Gasteiger partial charge in [0.05, 0.1) is 13.7 Å². The number of halogens is 3. The van der Waals surface area contributed by atoms with Gasteiger partial charge in [-0.15, -0.1) is 0 Å². The Morgan fingerprint density at radius 3 is 2.38 bits per heavy atom. The van der Waals surface area contributed by atoms with Crippen LogP contribution in [0.5, 0.6) is 5.75 Å². The number of alkyl halides is 3. The first-order valence-corrected chi connectivity index (χ1v) is 6.85. The summed E-state index contributed by atoms with van der Waals surface area (Å²) in [6.07, 6.45) is -4.24. The van der Waals surface area contributed by atoms with Crippen molar-refractivity contribution in [3.05, 3.63) is 29.3 Å². The number of aryl methyl sites for hydroxylation is 1. The molecule has 0 aromatic heterocycles. The van der Waals surface area contributed by atoms with Crippen molar-refractivity contribution >= 4 is 0 Å². The minimum Gasteiger partial charge on any atom is -0.496 e. The van der Waals surface area contributed by atoms with Crippen LogP contribution in [-0.4, -0.2) is 37.3 Å². The maximum atomic E-state index is 12.6. The molecule has 1 rings (SSSR count). The normalized spacial score (nSPS) is 13.8. The van der Waals surface area contributed by atoms with Crippen LogP contribution in [-0.2, 0) is 0 Å². The molecule has 1 aromatic carbocycles. The van der Waals surface area contributed by atoms with E-state index in [1.807, 2.05) is 19.1 Å². The highest BCUT2D eigenvalue weighted by Gasteiger charge is 2.32. The second-order valence-corrected chi connectivity index (χ2v) is 5.49. The molecule has 3 nitrogen and oxygen atoms in total. The van der Waals surface area contributed by atoms with E-state index < -0.39 is 18.8 Å². The predicted octanol–water partition coefficient (Wildman–Crippen LogP) is 3.28. The number of nitrogens with two attached hydrogens (primary N) is 1. The van der Waals surface area contributed by atoms with Gasteiger partial charge >= 0.3 is 6.18 Å². The quantitative estimate of drug-likeness (QED) is 0.876. The summed E-state index contributed by atoms with van der Waals surface area (Å²) in [4.78, 5) is 1.33. The Bertz CT molecular complexity index is 461. The fourth-order valence-electron chi connectivity index (χ4n) is 2.18. The number of benzene rings is 1. The second-order valence-electron chi connectivity index (χ2n) is 5.49. The van der Waals surface area contributed by atoms with Gasteiger partial charge in [0.1, 0.15) is 5.75 Å². The molecule has 120 valence electrons. The molecule has 0 aliphatic rings. The van der Waals surface area contributed by atoms with E-state index in [0.29, 0.717) is 5.75 Å². The molecule has 6 heteroatoms. The average molecular weight is 304 g/mol. The molecule has 0 saturated carbocycles. The van der Waals surface area contributed by atoms with Crippen molar-refractivity contribution in [3.8, 4) is 5.75 Å². The summed E-state index contributed by atoms with van der Waals surface area (Å²) < 4.78 is 43.1.